The number of halogens is 2. The van der Waals surface area contributed by atoms with Gasteiger partial charge in [0.2, 0.25) is 12.7 Å². The van der Waals surface area contributed by atoms with Crippen LogP contribution in [0.15, 0.2) is 41.6 Å². The van der Waals surface area contributed by atoms with Crippen LogP contribution in [-0.4, -0.2) is 36.0 Å². The van der Waals surface area contributed by atoms with Gasteiger partial charge in [-0.05, 0) is 37.1 Å². The topological polar surface area (TPSA) is 60.4 Å². The van der Waals surface area contributed by atoms with Gasteiger partial charge in [-0.3, -0.25) is 4.79 Å². The second-order valence-corrected chi connectivity index (χ2v) is 7.77. The summed E-state index contributed by atoms with van der Waals surface area (Å²) in [5, 5.41) is 4.18. The van der Waals surface area contributed by atoms with E-state index in [4.69, 9.17) is 14.3 Å². The van der Waals surface area contributed by atoms with Crippen LogP contribution in [0.4, 0.5) is 8.78 Å². The average Bonchev–Trinajstić information content (AvgIpc) is 3.29. The van der Waals surface area contributed by atoms with E-state index in [0.29, 0.717) is 17.9 Å². The summed E-state index contributed by atoms with van der Waals surface area (Å²) in [6, 6.07) is 8.98. The molecule has 0 bridgehead atoms. The summed E-state index contributed by atoms with van der Waals surface area (Å²) in [7, 11) is 0. The fourth-order valence-corrected chi connectivity index (χ4v) is 3.70. The maximum atomic E-state index is 14.1. The van der Waals surface area contributed by atoms with Crippen LogP contribution in [0.2, 0.25) is 0 Å². The predicted molar refractivity (Wildman–Crippen MR) is 103 cm³/mol. The van der Waals surface area contributed by atoms with Crippen molar-refractivity contribution in [2.45, 2.75) is 31.9 Å². The summed E-state index contributed by atoms with van der Waals surface area (Å²) < 4.78 is 38.1. The lowest BCUT2D eigenvalue weighted by Gasteiger charge is -2.25. The normalized spacial score (nSPS) is 19.4. The molecule has 1 saturated carbocycles. The van der Waals surface area contributed by atoms with E-state index in [-0.39, 0.29) is 43.4 Å². The van der Waals surface area contributed by atoms with E-state index in [1.807, 2.05) is 18.2 Å². The standard InChI is InChI=1S/C22H20F2N2O4/c23-16-5-3-15(18(24)8-16)10-26(22(27)13-1-2-13)11-17-9-19(25-30-17)14-4-6-20-21(7-14)29-12-28-20/h3-8,13,17H,1-2,9-12H2. The lowest BCUT2D eigenvalue weighted by molar-refractivity contribution is -0.135. The number of hydrogen-bond donors (Lipinski definition) is 0. The fraction of sp³-hybridized carbons (Fsp3) is 0.364. The van der Waals surface area contributed by atoms with Crippen molar-refractivity contribution in [3.8, 4) is 11.5 Å². The van der Waals surface area contributed by atoms with Gasteiger partial charge in [0.25, 0.3) is 0 Å². The molecule has 6 nitrogen and oxygen atoms in total. The van der Waals surface area contributed by atoms with Crippen LogP contribution in [0.1, 0.15) is 30.4 Å². The van der Waals surface area contributed by atoms with Crippen LogP contribution in [0.5, 0.6) is 11.5 Å². The fourth-order valence-electron chi connectivity index (χ4n) is 3.70. The van der Waals surface area contributed by atoms with Crippen molar-refractivity contribution in [1.82, 2.24) is 4.90 Å². The molecule has 3 aliphatic rings. The van der Waals surface area contributed by atoms with E-state index in [2.05, 4.69) is 5.16 Å². The summed E-state index contributed by atoms with van der Waals surface area (Å²) in [6.45, 7) is 0.549. The highest BCUT2D eigenvalue weighted by atomic mass is 19.1. The quantitative estimate of drug-likeness (QED) is 0.725. The number of amides is 1. The first-order valence-electron chi connectivity index (χ1n) is 9.92. The maximum absolute atomic E-state index is 14.1. The van der Waals surface area contributed by atoms with Gasteiger partial charge in [-0.1, -0.05) is 11.2 Å². The van der Waals surface area contributed by atoms with Gasteiger partial charge < -0.3 is 19.2 Å². The second-order valence-electron chi connectivity index (χ2n) is 7.77. The number of carbonyl (C=O) groups excluding carboxylic acids is 1. The number of rotatable bonds is 6. The molecule has 2 aromatic rings. The SMILES string of the molecule is O=C(C1CC1)N(Cc1ccc(F)cc1F)CC1CC(c2ccc3c(c2)OCO3)=NO1. The Hall–Kier alpha value is -3.16. The predicted octanol–water partition coefficient (Wildman–Crippen LogP) is 3.63. The minimum atomic E-state index is -0.659. The Morgan fingerprint density at radius 1 is 1.10 bits per heavy atom. The van der Waals surface area contributed by atoms with Crippen LogP contribution in [0.25, 0.3) is 0 Å². The van der Waals surface area contributed by atoms with Crippen LogP contribution in [0.3, 0.4) is 0 Å². The molecular weight excluding hydrogens is 394 g/mol. The molecule has 2 aliphatic heterocycles. The van der Waals surface area contributed by atoms with Gasteiger partial charge in [0.1, 0.15) is 11.6 Å². The number of oxime groups is 1. The van der Waals surface area contributed by atoms with E-state index in [1.54, 1.807) is 4.90 Å². The van der Waals surface area contributed by atoms with Gasteiger partial charge >= 0.3 is 0 Å². The first kappa shape index (κ1) is 18.8. The molecule has 0 radical (unpaired) electrons. The van der Waals surface area contributed by atoms with Crippen molar-refractivity contribution in [3.63, 3.8) is 0 Å². The third-order valence-electron chi connectivity index (χ3n) is 5.48. The third-order valence-corrected chi connectivity index (χ3v) is 5.48. The van der Waals surface area contributed by atoms with Crippen LogP contribution in [-0.2, 0) is 16.2 Å². The molecule has 1 aliphatic carbocycles. The summed E-state index contributed by atoms with van der Waals surface area (Å²) in [5.41, 5.74) is 1.90. The Labute approximate surface area is 172 Å². The lowest BCUT2D eigenvalue weighted by Crippen LogP contribution is -2.38. The Morgan fingerprint density at radius 2 is 1.93 bits per heavy atom. The molecule has 1 atom stereocenters. The molecule has 30 heavy (non-hydrogen) atoms. The van der Waals surface area contributed by atoms with Crippen molar-refractivity contribution >= 4 is 11.6 Å². The van der Waals surface area contributed by atoms with E-state index >= 15 is 0 Å². The number of ether oxygens (including phenoxy) is 2. The summed E-state index contributed by atoms with van der Waals surface area (Å²) in [6.07, 6.45) is 1.86. The summed E-state index contributed by atoms with van der Waals surface area (Å²) >= 11 is 0. The van der Waals surface area contributed by atoms with Gasteiger partial charge in [0.15, 0.2) is 17.6 Å². The van der Waals surface area contributed by atoms with E-state index < -0.39 is 11.6 Å². The van der Waals surface area contributed by atoms with E-state index in [9.17, 15) is 13.6 Å². The molecule has 1 fully saturated rings. The molecule has 8 heteroatoms. The van der Waals surface area contributed by atoms with Crippen LogP contribution < -0.4 is 9.47 Å². The van der Waals surface area contributed by atoms with Crippen molar-refractivity contribution in [3.05, 3.63) is 59.2 Å². The first-order chi connectivity index (χ1) is 14.6. The summed E-state index contributed by atoms with van der Waals surface area (Å²) in [4.78, 5) is 19.9. The van der Waals surface area contributed by atoms with E-state index in [1.165, 1.54) is 12.1 Å². The molecule has 0 N–H and O–H groups in total. The van der Waals surface area contributed by atoms with Crippen LogP contribution in [0, 0.1) is 17.6 Å². The lowest BCUT2D eigenvalue weighted by atomic mass is 10.0. The first-order valence-corrected chi connectivity index (χ1v) is 9.92. The molecule has 2 aromatic carbocycles. The largest absolute Gasteiger partial charge is 0.454 e. The maximum Gasteiger partial charge on any atom is 0.231 e. The van der Waals surface area contributed by atoms with Gasteiger partial charge in [0.05, 0.1) is 12.3 Å². The molecule has 5 rings (SSSR count). The number of hydrogen-bond acceptors (Lipinski definition) is 5. The molecular formula is C22H20F2N2O4. The number of benzene rings is 2. The molecule has 0 spiro atoms. The van der Waals surface area contributed by atoms with Crippen molar-refractivity contribution in [1.29, 1.82) is 0 Å². The number of fused-ring (bicyclic) bond motifs is 1. The highest BCUT2D eigenvalue weighted by molar-refractivity contribution is 6.01. The van der Waals surface area contributed by atoms with Crippen molar-refractivity contribution in [2.24, 2.45) is 11.1 Å². The smallest absolute Gasteiger partial charge is 0.231 e. The average molecular weight is 414 g/mol. The Bertz CT molecular complexity index is 1020. The number of carbonyl (C=O) groups is 1. The molecule has 0 aromatic heterocycles. The van der Waals surface area contributed by atoms with Gasteiger partial charge in [-0.15, -0.1) is 0 Å². The zero-order chi connectivity index (χ0) is 20.7. The van der Waals surface area contributed by atoms with Gasteiger partial charge in [-0.2, -0.15) is 0 Å². The molecule has 1 amide bonds. The second kappa shape index (κ2) is 7.59. The van der Waals surface area contributed by atoms with Gasteiger partial charge in [-0.25, -0.2) is 8.78 Å². The molecule has 0 saturated heterocycles. The Balaban J connectivity index is 1.28. The molecule has 156 valence electrons. The molecule has 1 unspecified atom stereocenters. The van der Waals surface area contributed by atoms with E-state index in [0.717, 1.165) is 30.2 Å². The van der Waals surface area contributed by atoms with Gasteiger partial charge in [0, 0.05) is 36.1 Å². The highest BCUT2D eigenvalue weighted by Gasteiger charge is 2.36. The monoisotopic (exact) mass is 414 g/mol. The zero-order valence-corrected chi connectivity index (χ0v) is 16.1. The Morgan fingerprint density at radius 3 is 2.73 bits per heavy atom. The zero-order valence-electron chi connectivity index (χ0n) is 16.1. The third kappa shape index (κ3) is 3.81. The molecule has 2 heterocycles. The minimum absolute atomic E-state index is 0.0239. The highest BCUT2D eigenvalue weighted by Crippen LogP contribution is 2.34. The summed E-state index contributed by atoms with van der Waals surface area (Å²) in [5.74, 6) is 0.00165. The van der Waals surface area contributed by atoms with Crippen molar-refractivity contribution < 1.29 is 27.9 Å². The number of nitrogens with zero attached hydrogens (tertiary/aromatic N) is 2. The van der Waals surface area contributed by atoms with Crippen molar-refractivity contribution in [2.75, 3.05) is 13.3 Å². The van der Waals surface area contributed by atoms with Crippen LogP contribution >= 0.6 is 0 Å². The Kier molecular flexibility index (Phi) is 4.77. The minimum Gasteiger partial charge on any atom is -0.454 e.